The van der Waals surface area contributed by atoms with Crippen molar-refractivity contribution in [1.29, 1.82) is 0 Å². The van der Waals surface area contributed by atoms with Gasteiger partial charge in [0.15, 0.2) is 5.11 Å². The molecule has 0 spiro atoms. The molecule has 0 radical (unpaired) electrons. The van der Waals surface area contributed by atoms with Gasteiger partial charge in [0.05, 0.1) is 25.6 Å². The fourth-order valence-electron chi connectivity index (χ4n) is 2.49. The molecule has 3 rings (SSSR count). The van der Waals surface area contributed by atoms with Gasteiger partial charge in [-0.3, -0.25) is 5.43 Å². The van der Waals surface area contributed by atoms with Gasteiger partial charge in [-0.05, 0) is 54.7 Å². The summed E-state index contributed by atoms with van der Waals surface area (Å²) in [5, 5.41) is 7.54. The van der Waals surface area contributed by atoms with Gasteiger partial charge < -0.3 is 14.6 Å². The molecule has 0 atom stereocenters. The van der Waals surface area contributed by atoms with Crippen LogP contribution < -0.4 is 15.5 Å². The Morgan fingerprint density at radius 3 is 2.67 bits per heavy atom. The van der Waals surface area contributed by atoms with Gasteiger partial charge in [0.1, 0.15) is 11.6 Å². The molecule has 0 unspecified atom stereocenters. The van der Waals surface area contributed by atoms with Gasteiger partial charge in [-0.25, -0.2) is 4.39 Å². The van der Waals surface area contributed by atoms with Gasteiger partial charge in [-0.2, -0.15) is 5.10 Å². The lowest BCUT2D eigenvalue weighted by molar-refractivity contribution is 0.415. The second kappa shape index (κ2) is 8.95. The topological polar surface area (TPSA) is 50.6 Å². The summed E-state index contributed by atoms with van der Waals surface area (Å²) in [7, 11) is 1.62. The maximum Gasteiger partial charge on any atom is 0.191 e. The second-order valence-electron chi connectivity index (χ2n) is 5.70. The molecule has 138 valence electrons. The predicted molar refractivity (Wildman–Crippen MR) is 110 cm³/mol. The number of anilines is 1. The number of rotatable bonds is 6. The Balaban J connectivity index is 1.57. The smallest absolute Gasteiger partial charge is 0.191 e. The molecule has 0 aliphatic carbocycles. The fraction of sp³-hybridized carbons (Fsp3) is 0.100. The van der Waals surface area contributed by atoms with Crippen molar-refractivity contribution < 1.29 is 9.13 Å². The summed E-state index contributed by atoms with van der Waals surface area (Å²) in [6, 6.07) is 17.9. The van der Waals surface area contributed by atoms with E-state index in [0.29, 0.717) is 17.2 Å². The van der Waals surface area contributed by atoms with Gasteiger partial charge >= 0.3 is 0 Å². The van der Waals surface area contributed by atoms with Crippen molar-refractivity contribution in [3.63, 3.8) is 0 Å². The molecule has 1 heterocycles. The van der Waals surface area contributed by atoms with Crippen molar-refractivity contribution >= 4 is 29.2 Å². The van der Waals surface area contributed by atoms with Crippen molar-refractivity contribution in [2.75, 3.05) is 12.4 Å². The highest BCUT2D eigenvalue weighted by molar-refractivity contribution is 7.80. The Morgan fingerprint density at radius 2 is 1.93 bits per heavy atom. The van der Waals surface area contributed by atoms with E-state index in [9.17, 15) is 4.39 Å². The average molecular weight is 382 g/mol. The first kappa shape index (κ1) is 18.6. The highest BCUT2D eigenvalue weighted by Crippen LogP contribution is 2.15. The highest BCUT2D eigenvalue weighted by atomic mass is 32.1. The van der Waals surface area contributed by atoms with Crippen molar-refractivity contribution in [1.82, 2.24) is 9.99 Å². The van der Waals surface area contributed by atoms with Gasteiger partial charge in [0, 0.05) is 17.4 Å². The third-order valence-corrected chi connectivity index (χ3v) is 4.07. The summed E-state index contributed by atoms with van der Waals surface area (Å²) in [4.78, 5) is 0. The van der Waals surface area contributed by atoms with Crippen molar-refractivity contribution in [3.8, 4) is 5.75 Å². The third-order valence-electron chi connectivity index (χ3n) is 3.87. The summed E-state index contributed by atoms with van der Waals surface area (Å²) in [5.41, 5.74) is 5.05. The normalized spacial score (nSPS) is 10.7. The molecule has 0 bridgehead atoms. The number of hydrogen-bond acceptors (Lipinski definition) is 3. The van der Waals surface area contributed by atoms with Crippen LogP contribution in [0.2, 0.25) is 0 Å². The van der Waals surface area contributed by atoms with E-state index in [1.165, 1.54) is 6.07 Å². The van der Waals surface area contributed by atoms with Crippen LogP contribution in [0.15, 0.2) is 72.0 Å². The first-order chi connectivity index (χ1) is 13.2. The lowest BCUT2D eigenvalue weighted by Crippen LogP contribution is -2.24. The molecular formula is C20H19FN4OS. The predicted octanol–water partition coefficient (Wildman–Crippen LogP) is 4.00. The van der Waals surface area contributed by atoms with Crippen LogP contribution in [-0.4, -0.2) is 23.0 Å². The van der Waals surface area contributed by atoms with Crippen molar-refractivity contribution in [2.24, 2.45) is 5.10 Å². The number of methoxy groups -OCH3 is 1. The Kier molecular flexibility index (Phi) is 6.17. The van der Waals surface area contributed by atoms with Gasteiger partial charge in [-0.15, -0.1) is 0 Å². The minimum absolute atomic E-state index is 0.225. The zero-order chi connectivity index (χ0) is 19.1. The second-order valence-corrected chi connectivity index (χ2v) is 6.11. The Bertz CT molecular complexity index is 937. The van der Waals surface area contributed by atoms with E-state index >= 15 is 0 Å². The molecule has 2 N–H and O–H groups in total. The zero-order valence-electron chi connectivity index (χ0n) is 14.7. The SMILES string of the molecule is COc1ccc(NC(=S)N/N=C\c2cccn2Cc2ccccc2F)cc1. The van der Waals surface area contributed by atoms with Crippen LogP contribution in [0.1, 0.15) is 11.3 Å². The van der Waals surface area contributed by atoms with Crippen LogP contribution in [0.5, 0.6) is 5.75 Å². The first-order valence-corrected chi connectivity index (χ1v) is 8.69. The number of thiocarbonyl (C=S) groups is 1. The Hall–Kier alpha value is -3.19. The zero-order valence-corrected chi connectivity index (χ0v) is 15.5. The molecule has 0 saturated carbocycles. The number of ether oxygens (including phenoxy) is 1. The molecule has 0 saturated heterocycles. The largest absolute Gasteiger partial charge is 0.497 e. The lowest BCUT2D eigenvalue weighted by atomic mass is 10.2. The summed E-state index contributed by atoms with van der Waals surface area (Å²) >= 11 is 5.22. The monoisotopic (exact) mass is 382 g/mol. The van der Waals surface area contributed by atoms with Crippen molar-refractivity contribution in [3.05, 3.63) is 83.9 Å². The summed E-state index contributed by atoms with van der Waals surface area (Å²) in [5.74, 6) is 0.546. The van der Waals surface area contributed by atoms with E-state index in [1.807, 2.05) is 53.2 Å². The summed E-state index contributed by atoms with van der Waals surface area (Å²) in [6.07, 6.45) is 3.52. The van der Waals surface area contributed by atoms with Gasteiger partial charge in [0.2, 0.25) is 0 Å². The number of benzene rings is 2. The molecular weight excluding hydrogens is 363 g/mol. The molecule has 7 heteroatoms. The maximum atomic E-state index is 13.8. The van der Waals surface area contributed by atoms with E-state index in [4.69, 9.17) is 17.0 Å². The third kappa shape index (κ3) is 5.15. The van der Waals surface area contributed by atoms with Crippen LogP contribution in [0.3, 0.4) is 0 Å². The minimum atomic E-state index is -0.225. The number of hydrogen-bond donors (Lipinski definition) is 2. The van der Waals surface area contributed by atoms with Crippen LogP contribution in [0.25, 0.3) is 0 Å². The Morgan fingerprint density at radius 1 is 1.15 bits per heavy atom. The average Bonchev–Trinajstić information content (AvgIpc) is 3.11. The van der Waals surface area contributed by atoms with E-state index in [-0.39, 0.29) is 5.82 Å². The van der Waals surface area contributed by atoms with E-state index in [1.54, 1.807) is 25.5 Å². The quantitative estimate of drug-likeness (QED) is 0.384. The van der Waals surface area contributed by atoms with Gasteiger partial charge in [-0.1, -0.05) is 18.2 Å². The molecule has 2 aromatic carbocycles. The number of nitrogens with zero attached hydrogens (tertiary/aromatic N) is 2. The summed E-state index contributed by atoms with van der Waals surface area (Å²) < 4.78 is 20.9. The number of hydrazone groups is 1. The lowest BCUT2D eigenvalue weighted by Gasteiger charge is -2.09. The van der Waals surface area contributed by atoms with Crippen LogP contribution in [0, 0.1) is 5.82 Å². The standard InChI is InChI=1S/C20H19FN4OS/c1-26-18-10-8-16(9-11-18)23-20(27)24-22-13-17-6-4-12-25(17)14-15-5-2-3-7-19(15)21/h2-13H,14H2,1H3,(H2,23,24,27)/b22-13-. The number of aromatic nitrogens is 1. The number of halogens is 1. The molecule has 3 aromatic rings. The van der Waals surface area contributed by atoms with Crippen LogP contribution in [0.4, 0.5) is 10.1 Å². The maximum absolute atomic E-state index is 13.8. The highest BCUT2D eigenvalue weighted by Gasteiger charge is 2.04. The molecule has 1 aromatic heterocycles. The van der Waals surface area contributed by atoms with Crippen molar-refractivity contribution in [2.45, 2.75) is 6.54 Å². The molecule has 0 fully saturated rings. The van der Waals surface area contributed by atoms with E-state index in [2.05, 4.69) is 15.8 Å². The molecule has 0 aliphatic rings. The fourth-order valence-corrected chi connectivity index (χ4v) is 2.66. The molecule has 5 nitrogen and oxygen atoms in total. The van der Waals surface area contributed by atoms with E-state index < -0.39 is 0 Å². The van der Waals surface area contributed by atoms with Gasteiger partial charge in [0.25, 0.3) is 0 Å². The van der Waals surface area contributed by atoms with Crippen LogP contribution >= 0.6 is 12.2 Å². The molecule has 0 aliphatic heterocycles. The Labute approximate surface area is 162 Å². The van der Waals surface area contributed by atoms with Crippen LogP contribution in [-0.2, 0) is 6.54 Å². The molecule has 27 heavy (non-hydrogen) atoms. The summed E-state index contributed by atoms with van der Waals surface area (Å²) in [6.45, 7) is 0.426. The van der Waals surface area contributed by atoms with E-state index in [0.717, 1.165) is 17.1 Å². The minimum Gasteiger partial charge on any atom is -0.497 e. The molecule has 0 amide bonds. The number of nitrogens with one attached hydrogen (secondary N) is 2. The first-order valence-electron chi connectivity index (χ1n) is 8.28.